The minimum Gasteiger partial charge on any atom is -0.485 e. The molecule has 23 heavy (non-hydrogen) atoms. The molecule has 0 fully saturated rings. The number of carbonyl (C=O) groups excluding carboxylic acids is 1. The zero-order valence-corrected chi connectivity index (χ0v) is 12.9. The van der Waals surface area contributed by atoms with E-state index in [2.05, 4.69) is 16.2 Å². The number of benzene rings is 2. The maximum atomic E-state index is 12.1. The Bertz CT molecular complexity index is 709. The van der Waals surface area contributed by atoms with Crippen molar-refractivity contribution in [3.8, 4) is 11.5 Å². The van der Waals surface area contributed by atoms with Crippen LogP contribution in [0.2, 0.25) is 0 Å². The standard InChI is InChI=1S/C16H15N3O3S/c20-15(14-10-21-12-8-4-5-9-13(12)22-14)18-19-16(23)17-11-6-2-1-3-7-11/h1-9,14H,10H2,(H,18,20)(H2,17,19,23). The Morgan fingerprint density at radius 2 is 1.70 bits per heavy atom. The third-order valence-corrected chi connectivity index (χ3v) is 3.34. The summed E-state index contributed by atoms with van der Waals surface area (Å²) < 4.78 is 11.1. The van der Waals surface area contributed by atoms with E-state index in [1.54, 1.807) is 12.1 Å². The molecular formula is C16H15N3O3S. The van der Waals surface area contributed by atoms with Crippen molar-refractivity contribution >= 4 is 28.9 Å². The molecule has 1 atom stereocenters. The predicted octanol–water partition coefficient (Wildman–Crippen LogP) is 1.84. The zero-order valence-electron chi connectivity index (χ0n) is 12.1. The van der Waals surface area contributed by atoms with E-state index in [0.29, 0.717) is 11.5 Å². The number of nitrogens with one attached hydrogen (secondary N) is 3. The van der Waals surface area contributed by atoms with Gasteiger partial charge in [0.1, 0.15) is 6.61 Å². The number of ether oxygens (including phenoxy) is 2. The normalized spacial score (nSPS) is 15.4. The van der Waals surface area contributed by atoms with Crippen molar-refractivity contribution in [3.05, 3.63) is 54.6 Å². The van der Waals surface area contributed by atoms with E-state index >= 15 is 0 Å². The average Bonchev–Trinajstić information content (AvgIpc) is 2.60. The highest BCUT2D eigenvalue weighted by Crippen LogP contribution is 2.30. The molecule has 1 unspecified atom stereocenters. The van der Waals surface area contributed by atoms with Gasteiger partial charge in [0.2, 0.25) is 6.10 Å². The van der Waals surface area contributed by atoms with E-state index in [1.165, 1.54) is 0 Å². The van der Waals surface area contributed by atoms with Crippen LogP contribution in [0.1, 0.15) is 0 Å². The molecule has 1 aliphatic rings. The molecule has 0 saturated heterocycles. The SMILES string of the molecule is O=C(NNC(=S)Nc1ccccc1)C1COc2ccccc2O1. The molecule has 6 nitrogen and oxygen atoms in total. The Labute approximate surface area is 138 Å². The van der Waals surface area contributed by atoms with Crippen LogP contribution in [0.5, 0.6) is 11.5 Å². The van der Waals surface area contributed by atoms with Crippen molar-refractivity contribution in [2.45, 2.75) is 6.10 Å². The molecule has 118 valence electrons. The van der Waals surface area contributed by atoms with Gasteiger partial charge in [-0.05, 0) is 36.5 Å². The molecule has 2 aromatic rings. The summed E-state index contributed by atoms with van der Waals surface area (Å²) in [6.45, 7) is 0.142. The predicted molar refractivity (Wildman–Crippen MR) is 90.3 cm³/mol. The molecule has 1 aliphatic heterocycles. The molecule has 1 heterocycles. The van der Waals surface area contributed by atoms with Crippen LogP contribution in [-0.2, 0) is 4.79 Å². The van der Waals surface area contributed by atoms with Crippen molar-refractivity contribution in [1.29, 1.82) is 0 Å². The van der Waals surface area contributed by atoms with Crippen LogP contribution >= 0.6 is 12.2 Å². The van der Waals surface area contributed by atoms with Gasteiger partial charge in [0.05, 0.1) is 0 Å². The first kappa shape index (κ1) is 15.1. The number of hydrazine groups is 1. The second-order valence-electron chi connectivity index (χ2n) is 4.80. The second kappa shape index (κ2) is 6.97. The molecule has 1 amide bonds. The van der Waals surface area contributed by atoms with E-state index in [-0.39, 0.29) is 17.6 Å². The smallest absolute Gasteiger partial charge is 0.283 e. The molecule has 0 radical (unpaired) electrons. The van der Waals surface area contributed by atoms with Crippen LogP contribution in [-0.4, -0.2) is 23.7 Å². The summed E-state index contributed by atoms with van der Waals surface area (Å²) in [5.74, 6) is 0.811. The van der Waals surface area contributed by atoms with Gasteiger partial charge in [-0.1, -0.05) is 30.3 Å². The van der Waals surface area contributed by atoms with E-state index in [1.807, 2.05) is 42.5 Å². The van der Waals surface area contributed by atoms with Gasteiger partial charge in [-0.2, -0.15) is 0 Å². The second-order valence-corrected chi connectivity index (χ2v) is 5.21. The van der Waals surface area contributed by atoms with Crippen LogP contribution in [0.25, 0.3) is 0 Å². The summed E-state index contributed by atoms with van der Waals surface area (Å²) in [4.78, 5) is 12.1. The molecule has 0 spiro atoms. The van der Waals surface area contributed by atoms with Gasteiger partial charge in [0, 0.05) is 5.69 Å². The summed E-state index contributed by atoms with van der Waals surface area (Å²) in [6.07, 6.45) is -0.739. The zero-order chi connectivity index (χ0) is 16.1. The Hall–Kier alpha value is -2.80. The molecule has 3 rings (SSSR count). The maximum absolute atomic E-state index is 12.1. The maximum Gasteiger partial charge on any atom is 0.283 e. The van der Waals surface area contributed by atoms with E-state index < -0.39 is 6.10 Å². The summed E-state index contributed by atoms with van der Waals surface area (Å²) >= 11 is 5.11. The minimum absolute atomic E-state index is 0.142. The number of hydrogen-bond donors (Lipinski definition) is 3. The summed E-state index contributed by atoms with van der Waals surface area (Å²) in [5.41, 5.74) is 5.97. The van der Waals surface area contributed by atoms with Gasteiger partial charge >= 0.3 is 0 Å². The minimum atomic E-state index is -0.739. The lowest BCUT2D eigenvalue weighted by Crippen LogP contribution is -2.51. The third-order valence-electron chi connectivity index (χ3n) is 3.13. The first-order valence-electron chi connectivity index (χ1n) is 7.03. The van der Waals surface area contributed by atoms with Gasteiger partial charge < -0.3 is 14.8 Å². The highest BCUT2D eigenvalue weighted by Gasteiger charge is 2.27. The Morgan fingerprint density at radius 3 is 2.48 bits per heavy atom. The summed E-state index contributed by atoms with van der Waals surface area (Å²) in [7, 11) is 0. The fraction of sp³-hybridized carbons (Fsp3) is 0.125. The molecule has 0 aromatic heterocycles. The number of hydrogen-bond acceptors (Lipinski definition) is 4. The van der Waals surface area contributed by atoms with E-state index in [9.17, 15) is 4.79 Å². The quantitative estimate of drug-likeness (QED) is 0.577. The van der Waals surface area contributed by atoms with Gasteiger partial charge in [-0.25, -0.2) is 0 Å². The van der Waals surface area contributed by atoms with Crippen LogP contribution in [0.3, 0.4) is 0 Å². The van der Waals surface area contributed by atoms with Gasteiger partial charge in [0.15, 0.2) is 16.6 Å². The Morgan fingerprint density at radius 1 is 1.00 bits per heavy atom. The van der Waals surface area contributed by atoms with Crippen LogP contribution < -0.4 is 25.6 Å². The lowest BCUT2D eigenvalue weighted by atomic mass is 10.2. The average molecular weight is 329 g/mol. The van der Waals surface area contributed by atoms with E-state index in [4.69, 9.17) is 21.7 Å². The largest absolute Gasteiger partial charge is 0.485 e. The number of fused-ring (bicyclic) bond motifs is 1. The molecule has 3 N–H and O–H groups in total. The van der Waals surface area contributed by atoms with Crippen molar-refractivity contribution < 1.29 is 14.3 Å². The highest BCUT2D eigenvalue weighted by molar-refractivity contribution is 7.80. The van der Waals surface area contributed by atoms with Crippen LogP contribution in [0.4, 0.5) is 5.69 Å². The summed E-state index contributed by atoms with van der Waals surface area (Å²) in [5, 5.41) is 3.23. The monoisotopic (exact) mass is 329 g/mol. The lowest BCUT2D eigenvalue weighted by molar-refractivity contribution is -0.130. The fourth-order valence-electron chi connectivity index (χ4n) is 2.03. The first-order chi connectivity index (χ1) is 11.2. The van der Waals surface area contributed by atoms with Gasteiger partial charge in [-0.15, -0.1) is 0 Å². The van der Waals surface area contributed by atoms with Crippen molar-refractivity contribution in [3.63, 3.8) is 0 Å². The fourth-order valence-corrected chi connectivity index (χ4v) is 2.20. The molecule has 0 saturated carbocycles. The van der Waals surface area contributed by atoms with Crippen molar-refractivity contribution in [2.75, 3.05) is 11.9 Å². The number of thiocarbonyl (C=S) groups is 1. The molecule has 0 aliphatic carbocycles. The van der Waals surface area contributed by atoms with Crippen molar-refractivity contribution in [1.82, 2.24) is 10.9 Å². The van der Waals surface area contributed by atoms with Crippen LogP contribution in [0, 0.1) is 0 Å². The molecule has 2 aromatic carbocycles. The summed E-state index contributed by atoms with van der Waals surface area (Å²) in [6, 6.07) is 16.6. The number of rotatable bonds is 2. The number of para-hydroxylation sites is 3. The number of anilines is 1. The lowest BCUT2D eigenvalue weighted by Gasteiger charge is -2.25. The van der Waals surface area contributed by atoms with Gasteiger partial charge in [-0.3, -0.25) is 15.6 Å². The first-order valence-corrected chi connectivity index (χ1v) is 7.43. The molecule has 0 bridgehead atoms. The van der Waals surface area contributed by atoms with Crippen molar-refractivity contribution in [2.24, 2.45) is 0 Å². The van der Waals surface area contributed by atoms with Crippen LogP contribution in [0.15, 0.2) is 54.6 Å². The Balaban J connectivity index is 1.49. The molecular weight excluding hydrogens is 314 g/mol. The Kier molecular flexibility index (Phi) is 4.58. The number of amides is 1. The molecule has 7 heteroatoms. The highest BCUT2D eigenvalue weighted by atomic mass is 32.1. The topological polar surface area (TPSA) is 71.6 Å². The van der Waals surface area contributed by atoms with E-state index in [0.717, 1.165) is 5.69 Å². The number of carbonyl (C=O) groups is 1. The van der Waals surface area contributed by atoms with Gasteiger partial charge in [0.25, 0.3) is 5.91 Å². The third kappa shape index (κ3) is 3.89.